The molecule has 150 valence electrons. The van der Waals surface area contributed by atoms with Gasteiger partial charge in [0, 0.05) is 24.0 Å². The van der Waals surface area contributed by atoms with Crippen molar-refractivity contribution in [3.63, 3.8) is 0 Å². The second-order valence-corrected chi connectivity index (χ2v) is 6.44. The number of ether oxygens (including phenoxy) is 2. The highest BCUT2D eigenvalue weighted by Crippen LogP contribution is 2.27. The normalized spacial score (nSPS) is 10.3. The minimum Gasteiger partial charge on any atom is -0.493 e. The number of nitrogens with zero attached hydrogens (tertiary/aromatic N) is 1. The van der Waals surface area contributed by atoms with Crippen molar-refractivity contribution in [3.8, 4) is 11.5 Å². The number of rotatable bonds is 8. The van der Waals surface area contributed by atoms with Gasteiger partial charge < -0.3 is 20.1 Å². The van der Waals surface area contributed by atoms with Gasteiger partial charge in [0.2, 0.25) is 0 Å². The maximum atomic E-state index is 12.6. The van der Waals surface area contributed by atoms with E-state index in [4.69, 9.17) is 9.47 Å². The fourth-order valence-corrected chi connectivity index (χ4v) is 3.00. The van der Waals surface area contributed by atoms with Gasteiger partial charge in [-0.2, -0.15) is 0 Å². The number of carbonyl (C=O) groups excluding carboxylic acids is 1. The number of nitrogens with one attached hydrogen (secondary N) is 2. The summed E-state index contributed by atoms with van der Waals surface area (Å²) in [7, 11) is 3.18. The number of hydrogen-bond acceptors (Lipinski definition) is 5. The molecule has 0 fully saturated rings. The van der Waals surface area contributed by atoms with Gasteiger partial charge in [-0.25, -0.2) is 4.98 Å². The lowest BCUT2D eigenvalue weighted by atomic mass is 10.1. The predicted molar refractivity (Wildman–Crippen MR) is 114 cm³/mol. The van der Waals surface area contributed by atoms with Crippen LogP contribution in [0.1, 0.15) is 28.4 Å². The Morgan fingerprint density at radius 1 is 1.00 bits per heavy atom. The molecule has 0 unspecified atom stereocenters. The Morgan fingerprint density at radius 2 is 1.79 bits per heavy atom. The van der Waals surface area contributed by atoms with E-state index in [9.17, 15) is 4.79 Å². The lowest BCUT2D eigenvalue weighted by molar-refractivity contribution is 0.0951. The lowest BCUT2D eigenvalue weighted by Gasteiger charge is -2.12. The first-order valence-corrected chi connectivity index (χ1v) is 9.44. The number of amides is 1. The van der Waals surface area contributed by atoms with Crippen LogP contribution in [0.5, 0.6) is 11.5 Å². The summed E-state index contributed by atoms with van der Waals surface area (Å²) in [6.07, 6.45) is 2.54. The minimum absolute atomic E-state index is 0.172. The Kier molecular flexibility index (Phi) is 6.68. The molecule has 1 heterocycles. The molecular formula is C23H25N3O3. The van der Waals surface area contributed by atoms with Crippen molar-refractivity contribution >= 4 is 17.4 Å². The SMILES string of the molecule is CCc1ccccc1Nc1cc(C(=O)NCc2ccc(OC)c(OC)c2)ccn1. The quantitative estimate of drug-likeness (QED) is 0.598. The van der Waals surface area contributed by atoms with E-state index in [-0.39, 0.29) is 5.91 Å². The summed E-state index contributed by atoms with van der Waals surface area (Å²) < 4.78 is 10.5. The first-order valence-electron chi connectivity index (χ1n) is 9.44. The van der Waals surface area contributed by atoms with Crippen LogP contribution in [0.4, 0.5) is 11.5 Å². The van der Waals surface area contributed by atoms with Crippen LogP contribution in [0.15, 0.2) is 60.8 Å². The van der Waals surface area contributed by atoms with Crippen LogP contribution in [0.25, 0.3) is 0 Å². The second kappa shape index (κ2) is 9.59. The number of pyridine rings is 1. The monoisotopic (exact) mass is 391 g/mol. The van der Waals surface area contributed by atoms with Crippen LogP contribution in [0.3, 0.4) is 0 Å². The number of anilines is 2. The van der Waals surface area contributed by atoms with Gasteiger partial charge in [0.05, 0.1) is 14.2 Å². The van der Waals surface area contributed by atoms with Gasteiger partial charge >= 0.3 is 0 Å². The Bertz CT molecular complexity index is 989. The molecule has 1 amide bonds. The van der Waals surface area contributed by atoms with E-state index >= 15 is 0 Å². The van der Waals surface area contributed by atoms with Crippen LogP contribution < -0.4 is 20.1 Å². The van der Waals surface area contributed by atoms with Crippen molar-refractivity contribution < 1.29 is 14.3 Å². The first kappa shape index (κ1) is 20.2. The Hall–Kier alpha value is -3.54. The predicted octanol–water partition coefficient (Wildman–Crippen LogP) is 4.33. The van der Waals surface area contributed by atoms with Gasteiger partial charge in [0.1, 0.15) is 5.82 Å². The summed E-state index contributed by atoms with van der Waals surface area (Å²) in [5, 5.41) is 6.23. The number of hydrogen-bond donors (Lipinski definition) is 2. The average molecular weight is 391 g/mol. The van der Waals surface area contributed by atoms with Crippen molar-refractivity contribution in [2.45, 2.75) is 19.9 Å². The smallest absolute Gasteiger partial charge is 0.251 e. The first-order chi connectivity index (χ1) is 14.1. The van der Waals surface area contributed by atoms with Crippen molar-refractivity contribution in [1.29, 1.82) is 0 Å². The fraction of sp³-hybridized carbons (Fsp3) is 0.217. The fourth-order valence-electron chi connectivity index (χ4n) is 3.00. The summed E-state index contributed by atoms with van der Waals surface area (Å²) in [6, 6.07) is 17.1. The summed E-state index contributed by atoms with van der Waals surface area (Å²) in [5.74, 6) is 1.74. The molecule has 0 saturated carbocycles. The molecule has 2 N–H and O–H groups in total. The highest BCUT2D eigenvalue weighted by molar-refractivity contribution is 5.94. The summed E-state index contributed by atoms with van der Waals surface area (Å²) in [5.41, 5.74) is 3.64. The van der Waals surface area contributed by atoms with Crippen molar-refractivity contribution in [1.82, 2.24) is 10.3 Å². The topological polar surface area (TPSA) is 72.5 Å². The molecule has 3 aromatic rings. The van der Waals surface area contributed by atoms with E-state index in [0.717, 1.165) is 17.7 Å². The van der Waals surface area contributed by atoms with Gasteiger partial charge in [-0.3, -0.25) is 4.79 Å². The molecule has 6 heteroatoms. The molecule has 6 nitrogen and oxygen atoms in total. The number of para-hydroxylation sites is 1. The minimum atomic E-state index is -0.172. The van der Waals surface area contributed by atoms with Gasteiger partial charge in [-0.1, -0.05) is 31.2 Å². The Morgan fingerprint density at radius 3 is 2.55 bits per heavy atom. The maximum Gasteiger partial charge on any atom is 0.251 e. The Balaban J connectivity index is 1.68. The third-order valence-electron chi connectivity index (χ3n) is 4.58. The van der Waals surface area contributed by atoms with E-state index in [1.54, 1.807) is 32.5 Å². The van der Waals surface area contributed by atoms with E-state index < -0.39 is 0 Å². The zero-order chi connectivity index (χ0) is 20.6. The van der Waals surface area contributed by atoms with Crippen molar-refractivity contribution in [2.75, 3.05) is 19.5 Å². The van der Waals surface area contributed by atoms with Gasteiger partial charge in [0.25, 0.3) is 5.91 Å². The van der Waals surface area contributed by atoms with Gasteiger partial charge in [-0.05, 0) is 47.9 Å². The van der Waals surface area contributed by atoms with Crippen LogP contribution >= 0.6 is 0 Å². The number of aromatic nitrogens is 1. The van der Waals surface area contributed by atoms with Crippen molar-refractivity contribution in [2.24, 2.45) is 0 Å². The van der Waals surface area contributed by atoms with E-state index in [1.807, 2.05) is 36.4 Å². The third kappa shape index (κ3) is 5.04. The number of benzene rings is 2. The standard InChI is InChI=1S/C23H25N3O3/c1-4-17-7-5-6-8-19(17)26-22-14-18(11-12-24-22)23(27)25-15-16-9-10-20(28-2)21(13-16)29-3/h5-14H,4,15H2,1-3H3,(H,24,26)(H,25,27). The average Bonchev–Trinajstić information content (AvgIpc) is 2.77. The van der Waals surface area contributed by atoms with Gasteiger partial charge in [0.15, 0.2) is 11.5 Å². The summed E-state index contributed by atoms with van der Waals surface area (Å²) >= 11 is 0. The molecule has 0 aliphatic rings. The third-order valence-corrected chi connectivity index (χ3v) is 4.58. The maximum absolute atomic E-state index is 12.6. The molecule has 3 rings (SSSR count). The van der Waals surface area contributed by atoms with Gasteiger partial charge in [-0.15, -0.1) is 0 Å². The summed E-state index contributed by atoms with van der Waals surface area (Å²) in [6.45, 7) is 2.48. The van der Waals surface area contributed by atoms with E-state index in [0.29, 0.717) is 29.4 Å². The number of methoxy groups -OCH3 is 2. The van der Waals surface area contributed by atoms with E-state index in [1.165, 1.54) is 5.56 Å². The van der Waals surface area contributed by atoms with Crippen molar-refractivity contribution in [3.05, 3.63) is 77.5 Å². The Labute approximate surface area is 170 Å². The largest absolute Gasteiger partial charge is 0.493 e. The number of aryl methyl sites for hydroxylation is 1. The number of carbonyl (C=O) groups is 1. The molecular weight excluding hydrogens is 366 g/mol. The highest BCUT2D eigenvalue weighted by atomic mass is 16.5. The second-order valence-electron chi connectivity index (χ2n) is 6.44. The molecule has 0 spiro atoms. The molecule has 1 aromatic heterocycles. The van der Waals surface area contributed by atoms with E-state index in [2.05, 4.69) is 28.6 Å². The van der Waals surface area contributed by atoms with Crippen LogP contribution in [-0.2, 0) is 13.0 Å². The van der Waals surface area contributed by atoms with Crippen LogP contribution in [0.2, 0.25) is 0 Å². The molecule has 0 aliphatic carbocycles. The molecule has 29 heavy (non-hydrogen) atoms. The van der Waals surface area contributed by atoms with Crippen LogP contribution in [0, 0.1) is 0 Å². The summed E-state index contributed by atoms with van der Waals surface area (Å²) in [4.78, 5) is 16.9. The molecule has 0 saturated heterocycles. The molecule has 2 aromatic carbocycles. The van der Waals surface area contributed by atoms with Crippen LogP contribution in [-0.4, -0.2) is 25.1 Å². The molecule has 0 atom stereocenters. The lowest BCUT2D eigenvalue weighted by Crippen LogP contribution is -2.23. The zero-order valence-electron chi connectivity index (χ0n) is 16.9. The molecule has 0 radical (unpaired) electrons. The molecule has 0 bridgehead atoms. The zero-order valence-corrected chi connectivity index (χ0v) is 16.9. The molecule has 0 aliphatic heterocycles. The highest BCUT2D eigenvalue weighted by Gasteiger charge is 2.10.